The Labute approximate surface area is 137 Å². The predicted molar refractivity (Wildman–Crippen MR) is 90.7 cm³/mol. The van der Waals surface area contributed by atoms with Gasteiger partial charge in [0.2, 0.25) is 0 Å². The van der Waals surface area contributed by atoms with E-state index in [4.69, 9.17) is 20.5 Å². The van der Waals surface area contributed by atoms with E-state index in [2.05, 4.69) is 16.4 Å². The number of hydrogen-bond donors (Lipinski definition) is 2. The zero-order valence-corrected chi connectivity index (χ0v) is 13.7. The molecule has 0 spiro atoms. The van der Waals surface area contributed by atoms with Crippen molar-refractivity contribution in [2.45, 2.75) is 25.7 Å². The molecule has 1 aromatic rings. The second-order valence-corrected chi connectivity index (χ2v) is 5.77. The Morgan fingerprint density at radius 3 is 2.57 bits per heavy atom. The molecule has 6 heteroatoms. The molecule has 0 aliphatic heterocycles. The Hall–Kier alpha value is -2.42. The number of nitrogens with zero attached hydrogens (tertiary/aromatic N) is 2. The molecule has 2 rings (SSSR count). The van der Waals surface area contributed by atoms with E-state index in [0.29, 0.717) is 29.9 Å². The first-order valence-corrected chi connectivity index (χ1v) is 7.84. The zero-order chi connectivity index (χ0) is 16.7. The van der Waals surface area contributed by atoms with Gasteiger partial charge in [-0.25, -0.2) is 0 Å². The maximum Gasteiger partial charge on any atom is 0.193 e. The molecule has 0 saturated heterocycles. The van der Waals surface area contributed by atoms with E-state index in [0.717, 1.165) is 31.4 Å². The van der Waals surface area contributed by atoms with E-state index in [1.165, 1.54) is 0 Å². The van der Waals surface area contributed by atoms with E-state index in [1.807, 2.05) is 18.2 Å². The molecule has 0 aromatic heterocycles. The fourth-order valence-electron chi connectivity index (χ4n) is 2.80. The molecule has 0 atom stereocenters. The lowest BCUT2D eigenvalue weighted by Gasteiger charge is -2.23. The molecule has 0 bridgehead atoms. The van der Waals surface area contributed by atoms with Gasteiger partial charge in [0.1, 0.15) is 0 Å². The van der Waals surface area contributed by atoms with Gasteiger partial charge in [0.25, 0.3) is 0 Å². The Morgan fingerprint density at radius 1 is 1.26 bits per heavy atom. The molecule has 0 heterocycles. The summed E-state index contributed by atoms with van der Waals surface area (Å²) in [6.45, 7) is 0.699. The lowest BCUT2D eigenvalue weighted by Crippen LogP contribution is -2.24. The van der Waals surface area contributed by atoms with Crippen molar-refractivity contribution in [1.29, 1.82) is 5.26 Å². The van der Waals surface area contributed by atoms with Crippen LogP contribution in [0.2, 0.25) is 0 Å². The van der Waals surface area contributed by atoms with Gasteiger partial charge in [-0.1, -0.05) is 0 Å². The van der Waals surface area contributed by atoms with Gasteiger partial charge in [-0.2, -0.15) is 5.26 Å². The van der Waals surface area contributed by atoms with Gasteiger partial charge in [-0.3, -0.25) is 4.99 Å². The standard InChI is InChI=1S/C17H24N4O2/c1-22-15-8-7-14(9-16(15)23-2)21-17(19)20-11-13-5-3-12(10-18)4-6-13/h7-9,12-13H,3-6,11H2,1-2H3,(H3,19,20,21). The molecule has 1 aliphatic rings. The van der Waals surface area contributed by atoms with E-state index in [-0.39, 0.29) is 5.92 Å². The van der Waals surface area contributed by atoms with Crippen molar-refractivity contribution in [2.75, 3.05) is 26.1 Å². The second-order valence-electron chi connectivity index (χ2n) is 5.77. The average Bonchev–Trinajstić information content (AvgIpc) is 2.60. The third kappa shape index (κ3) is 4.78. The van der Waals surface area contributed by atoms with Crippen molar-refractivity contribution in [3.05, 3.63) is 18.2 Å². The lowest BCUT2D eigenvalue weighted by atomic mass is 9.83. The number of ether oxygens (including phenoxy) is 2. The molecule has 6 nitrogen and oxygen atoms in total. The number of rotatable bonds is 5. The summed E-state index contributed by atoms with van der Waals surface area (Å²) in [6, 6.07) is 7.85. The number of nitrogens with one attached hydrogen (secondary N) is 1. The van der Waals surface area contributed by atoms with Crippen LogP contribution in [0.5, 0.6) is 11.5 Å². The normalized spacial score (nSPS) is 21.3. The molecule has 23 heavy (non-hydrogen) atoms. The topological polar surface area (TPSA) is 92.7 Å². The maximum absolute atomic E-state index is 8.91. The fourth-order valence-corrected chi connectivity index (χ4v) is 2.80. The van der Waals surface area contributed by atoms with E-state index in [9.17, 15) is 0 Å². The third-order valence-corrected chi connectivity index (χ3v) is 4.21. The van der Waals surface area contributed by atoms with Gasteiger partial charge in [-0.05, 0) is 43.7 Å². The molecular formula is C17H24N4O2. The Kier molecular flexibility index (Phi) is 6.10. The number of nitriles is 1. The van der Waals surface area contributed by atoms with Gasteiger partial charge in [0, 0.05) is 24.2 Å². The SMILES string of the molecule is COc1ccc(NC(N)=NCC2CCC(C#N)CC2)cc1OC. The van der Waals surface area contributed by atoms with Crippen LogP contribution in [0.4, 0.5) is 5.69 Å². The number of hydrogen-bond acceptors (Lipinski definition) is 4. The van der Waals surface area contributed by atoms with Crippen molar-refractivity contribution < 1.29 is 9.47 Å². The van der Waals surface area contributed by atoms with Crippen molar-refractivity contribution in [3.8, 4) is 17.6 Å². The first-order valence-electron chi connectivity index (χ1n) is 7.84. The molecule has 0 radical (unpaired) electrons. The van der Waals surface area contributed by atoms with Crippen LogP contribution in [0, 0.1) is 23.2 Å². The smallest absolute Gasteiger partial charge is 0.193 e. The zero-order valence-electron chi connectivity index (χ0n) is 13.7. The van der Waals surface area contributed by atoms with Gasteiger partial charge in [0.05, 0.1) is 20.3 Å². The van der Waals surface area contributed by atoms with Gasteiger partial charge in [0.15, 0.2) is 17.5 Å². The summed E-state index contributed by atoms with van der Waals surface area (Å²) < 4.78 is 10.5. The number of guanidine groups is 1. The number of benzene rings is 1. The molecule has 1 fully saturated rings. The van der Waals surface area contributed by atoms with Crippen LogP contribution in [-0.4, -0.2) is 26.7 Å². The highest BCUT2D eigenvalue weighted by Gasteiger charge is 2.20. The monoisotopic (exact) mass is 316 g/mol. The minimum atomic E-state index is 0.220. The molecule has 3 N–H and O–H groups in total. The minimum absolute atomic E-state index is 0.220. The first kappa shape index (κ1) is 16.9. The van der Waals surface area contributed by atoms with Gasteiger partial charge < -0.3 is 20.5 Å². The summed E-state index contributed by atoms with van der Waals surface area (Å²) in [4.78, 5) is 4.42. The van der Waals surface area contributed by atoms with Crippen LogP contribution in [0.1, 0.15) is 25.7 Å². The number of methoxy groups -OCH3 is 2. The summed E-state index contributed by atoms with van der Waals surface area (Å²) in [7, 11) is 3.19. The third-order valence-electron chi connectivity index (χ3n) is 4.21. The molecule has 124 valence electrons. The summed E-state index contributed by atoms with van der Waals surface area (Å²) in [5, 5.41) is 12.0. The van der Waals surface area contributed by atoms with Crippen LogP contribution >= 0.6 is 0 Å². The number of anilines is 1. The van der Waals surface area contributed by atoms with Crippen molar-refractivity contribution in [1.82, 2.24) is 0 Å². The largest absolute Gasteiger partial charge is 0.493 e. The number of aliphatic imine (C=N–C) groups is 1. The van der Waals surface area contributed by atoms with E-state index >= 15 is 0 Å². The fraction of sp³-hybridized carbons (Fsp3) is 0.529. The van der Waals surface area contributed by atoms with Crippen LogP contribution in [0.25, 0.3) is 0 Å². The Morgan fingerprint density at radius 2 is 1.96 bits per heavy atom. The highest BCUT2D eigenvalue weighted by molar-refractivity contribution is 5.92. The Balaban J connectivity index is 1.89. The van der Waals surface area contributed by atoms with Crippen LogP contribution < -0.4 is 20.5 Å². The van der Waals surface area contributed by atoms with Gasteiger partial charge >= 0.3 is 0 Å². The summed E-state index contributed by atoms with van der Waals surface area (Å²) in [5.74, 6) is 2.44. The molecule has 0 unspecified atom stereocenters. The summed E-state index contributed by atoms with van der Waals surface area (Å²) >= 11 is 0. The lowest BCUT2D eigenvalue weighted by molar-refractivity contribution is 0.322. The van der Waals surface area contributed by atoms with Crippen molar-refractivity contribution in [2.24, 2.45) is 22.6 Å². The first-order chi connectivity index (χ1) is 11.2. The Bertz CT molecular complexity index is 587. The molecule has 1 saturated carbocycles. The predicted octanol–water partition coefficient (Wildman–Crippen LogP) is 2.76. The second kappa shape index (κ2) is 8.28. The van der Waals surface area contributed by atoms with Gasteiger partial charge in [-0.15, -0.1) is 0 Å². The molecule has 1 aromatic carbocycles. The quantitative estimate of drug-likeness (QED) is 0.643. The van der Waals surface area contributed by atoms with Crippen molar-refractivity contribution >= 4 is 11.6 Å². The molecule has 0 amide bonds. The summed E-state index contributed by atoms with van der Waals surface area (Å²) in [5.41, 5.74) is 6.76. The molecule has 1 aliphatic carbocycles. The average molecular weight is 316 g/mol. The van der Waals surface area contributed by atoms with Crippen LogP contribution in [0.15, 0.2) is 23.2 Å². The molecular weight excluding hydrogens is 292 g/mol. The van der Waals surface area contributed by atoms with Crippen molar-refractivity contribution in [3.63, 3.8) is 0 Å². The number of nitrogens with two attached hydrogens (primary N) is 1. The van der Waals surface area contributed by atoms with Crippen LogP contribution in [0.3, 0.4) is 0 Å². The van der Waals surface area contributed by atoms with E-state index < -0.39 is 0 Å². The highest BCUT2D eigenvalue weighted by atomic mass is 16.5. The maximum atomic E-state index is 8.91. The van der Waals surface area contributed by atoms with Crippen LogP contribution in [-0.2, 0) is 0 Å². The summed E-state index contributed by atoms with van der Waals surface area (Å²) in [6.07, 6.45) is 4.04. The minimum Gasteiger partial charge on any atom is -0.493 e. The highest BCUT2D eigenvalue weighted by Crippen LogP contribution is 2.30. The van der Waals surface area contributed by atoms with E-state index in [1.54, 1.807) is 14.2 Å².